The van der Waals surface area contributed by atoms with Crippen LogP contribution in [0.3, 0.4) is 0 Å². The van der Waals surface area contributed by atoms with E-state index in [9.17, 15) is 18.8 Å². The fourth-order valence-corrected chi connectivity index (χ4v) is 9.57. The Morgan fingerprint density at radius 2 is 1.94 bits per heavy atom. The number of ketones is 1. The number of halogens is 1. The van der Waals surface area contributed by atoms with Crippen LogP contribution in [0.4, 0.5) is 9.18 Å². The lowest BCUT2D eigenvalue weighted by molar-refractivity contribution is -0.161. The van der Waals surface area contributed by atoms with Crippen LogP contribution in [0, 0.1) is 45.8 Å². The maximum atomic E-state index is 14.5. The molecular weight excluding hydrogens is 451 g/mol. The molecule has 0 aromatic heterocycles. The third-order valence-electron chi connectivity index (χ3n) is 11.5. The van der Waals surface area contributed by atoms with Crippen molar-refractivity contribution in [1.82, 2.24) is 10.2 Å². The highest BCUT2D eigenvalue weighted by atomic mass is 19.1. The summed E-state index contributed by atoms with van der Waals surface area (Å²) in [7, 11) is 1.73. The molecule has 1 spiro atoms. The van der Waals surface area contributed by atoms with Gasteiger partial charge in [-0.2, -0.15) is 0 Å². The zero-order valence-electron chi connectivity index (χ0n) is 21.2. The maximum absolute atomic E-state index is 14.5. The molecule has 6 fully saturated rings. The highest BCUT2D eigenvalue weighted by Crippen LogP contribution is 2.78. The first-order valence-corrected chi connectivity index (χ1v) is 13.6. The molecule has 11 atom stereocenters. The minimum absolute atomic E-state index is 0.00386. The molecule has 3 unspecified atom stereocenters. The summed E-state index contributed by atoms with van der Waals surface area (Å²) in [6.07, 6.45) is 4.40. The first kappa shape index (κ1) is 23.8. The van der Waals surface area contributed by atoms with E-state index in [4.69, 9.17) is 9.47 Å². The van der Waals surface area contributed by atoms with Crippen LogP contribution in [-0.4, -0.2) is 68.3 Å². The Balaban J connectivity index is 1.30. The summed E-state index contributed by atoms with van der Waals surface area (Å²) in [6.45, 7) is 5.53. The van der Waals surface area contributed by atoms with E-state index in [-0.39, 0.29) is 52.8 Å². The van der Waals surface area contributed by atoms with Gasteiger partial charge in [-0.25, -0.2) is 4.79 Å². The highest BCUT2D eigenvalue weighted by Gasteiger charge is 2.77. The number of hydrogen-bond donors (Lipinski definition) is 1. The number of carbonyl (C=O) groups is 3. The summed E-state index contributed by atoms with van der Waals surface area (Å²) in [5.74, 6) is 0.0111. The van der Waals surface area contributed by atoms with E-state index < -0.39 is 24.3 Å². The second-order valence-corrected chi connectivity index (χ2v) is 12.9. The van der Waals surface area contributed by atoms with Crippen molar-refractivity contribution in [1.29, 1.82) is 0 Å². The van der Waals surface area contributed by atoms with Crippen LogP contribution in [0.1, 0.15) is 58.8 Å². The molecule has 194 valence electrons. The van der Waals surface area contributed by atoms with Gasteiger partial charge in [0.25, 0.3) is 0 Å². The number of alkyl carbamates (subject to hydrolysis) is 1. The van der Waals surface area contributed by atoms with Crippen molar-refractivity contribution >= 4 is 17.8 Å². The molecule has 2 heterocycles. The summed E-state index contributed by atoms with van der Waals surface area (Å²) in [5.41, 5.74) is -1.75. The van der Waals surface area contributed by atoms with Crippen molar-refractivity contribution in [3.8, 4) is 0 Å². The Morgan fingerprint density at radius 1 is 1.17 bits per heavy atom. The number of ether oxygens (including phenoxy) is 2. The van der Waals surface area contributed by atoms with Crippen LogP contribution in [-0.2, 0) is 19.1 Å². The second kappa shape index (κ2) is 7.98. The summed E-state index contributed by atoms with van der Waals surface area (Å²) in [5, 5.41) is 2.51. The van der Waals surface area contributed by atoms with Crippen LogP contribution in [0.5, 0.6) is 0 Å². The Bertz CT molecular complexity index is 945. The number of methoxy groups -OCH3 is 1. The number of fused-ring (bicyclic) bond motifs is 2. The quantitative estimate of drug-likeness (QED) is 0.651. The summed E-state index contributed by atoms with van der Waals surface area (Å²) in [4.78, 5) is 42.0. The van der Waals surface area contributed by atoms with Gasteiger partial charge in [-0.1, -0.05) is 6.92 Å². The lowest BCUT2D eigenvalue weighted by atomic mass is 9.50. The molecule has 6 rings (SSSR count). The SMILES string of the molecule is CO[C@@H]1CCC23CC[C@H]4C[C@@]4(C12)[C@H](OC(=O)NC(=O)[C@H]1CN2CC[C@@H]1C2)C[C@@](C)(CF)C(=O)[C@@H]3C. The largest absolute Gasteiger partial charge is 0.445 e. The topological polar surface area (TPSA) is 84.9 Å². The number of nitrogens with one attached hydrogen (secondary N) is 1. The molecular formula is C27H39FN2O5. The molecule has 1 N–H and O–H groups in total. The van der Waals surface area contributed by atoms with Gasteiger partial charge in [-0.15, -0.1) is 0 Å². The Hall–Kier alpha value is -1.54. The van der Waals surface area contributed by atoms with Gasteiger partial charge in [-0.05, 0) is 75.7 Å². The first-order chi connectivity index (χ1) is 16.7. The fourth-order valence-electron chi connectivity index (χ4n) is 9.57. The number of hydrogen-bond acceptors (Lipinski definition) is 6. The standard InChI is InChI=1S/C27H39FN2O5/c1-15-22(31)25(2,14-28)11-20(35-24(33)29-23(32)18-13-30-9-6-16(18)12-30)27-10-17(27)4-7-26(15)8-5-19(34-3)21(26)27/h15-21H,4-14H2,1-3H3,(H,29,32,33)/t15-,16+,17-,18-,19+,20+,21?,25-,26?,27-/m0/s1. The zero-order chi connectivity index (χ0) is 24.8. The summed E-state index contributed by atoms with van der Waals surface area (Å²) < 4.78 is 26.6. The average Bonchev–Trinajstić information content (AvgIpc) is 3.16. The lowest BCUT2D eigenvalue weighted by Gasteiger charge is -2.54. The number of carbonyl (C=O) groups excluding carboxylic acids is 3. The molecule has 7 nitrogen and oxygen atoms in total. The van der Waals surface area contributed by atoms with Gasteiger partial charge in [0.2, 0.25) is 5.91 Å². The predicted molar refractivity (Wildman–Crippen MR) is 125 cm³/mol. The molecule has 35 heavy (non-hydrogen) atoms. The maximum Gasteiger partial charge on any atom is 0.414 e. The van der Waals surface area contributed by atoms with E-state index in [1.807, 2.05) is 6.92 Å². The normalized spacial score (nSPS) is 51.7. The average molecular weight is 491 g/mol. The van der Waals surface area contributed by atoms with E-state index in [1.54, 1.807) is 14.0 Å². The number of nitrogens with zero attached hydrogens (tertiary/aromatic N) is 1. The third kappa shape index (κ3) is 3.24. The Labute approximate surface area is 206 Å². The number of piperidine rings is 1. The molecule has 4 bridgehead atoms. The van der Waals surface area contributed by atoms with Crippen LogP contribution in [0.15, 0.2) is 0 Å². The Morgan fingerprint density at radius 3 is 2.60 bits per heavy atom. The molecule has 4 saturated carbocycles. The van der Waals surface area contributed by atoms with Crippen molar-refractivity contribution in [2.24, 2.45) is 45.8 Å². The van der Waals surface area contributed by atoms with Crippen molar-refractivity contribution in [2.45, 2.75) is 71.0 Å². The van der Waals surface area contributed by atoms with Crippen LogP contribution in [0.2, 0.25) is 0 Å². The number of imide groups is 1. The molecule has 6 aliphatic rings. The second-order valence-electron chi connectivity index (χ2n) is 12.9. The summed E-state index contributed by atoms with van der Waals surface area (Å²) >= 11 is 0. The molecule has 2 aliphatic heterocycles. The minimum Gasteiger partial charge on any atom is -0.445 e. The smallest absolute Gasteiger partial charge is 0.414 e. The predicted octanol–water partition coefficient (Wildman–Crippen LogP) is 3.36. The van der Waals surface area contributed by atoms with Crippen molar-refractivity contribution < 1.29 is 28.2 Å². The molecule has 4 aliphatic carbocycles. The van der Waals surface area contributed by atoms with Gasteiger partial charge in [-0.3, -0.25) is 19.3 Å². The van der Waals surface area contributed by atoms with Crippen LogP contribution >= 0.6 is 0 Å². The van der Waals surface area contributed by atoms with Crippen molar-refractivity contribution in [3.05, 3.63) is 0 Å². The lowest BCUT2D eigenvalue weighted by Crippen LogP contribution is -2.58. The van der Waals surface area contributed by atoms with Gasteiger partial charge in [0, 0.05) is 37.5 Å². The van der Waals surface area contributed by atoms with E-state index in [0.29, 0.717) is 18.4 Å². The zero-order valence-corrected chi connectivity index (χ0v) is 21.2. The van der Waals surface area contributed by atoms with Crippen LogP contribution < -0.4 is 5.32 Å². The molecule has 2 saturated heterocycles. The van der Waals surface area contributed by atoms with E-state index in [0.717, 1.165) is 51.6 Å². The highest BCUT2D eigenvalue weighted by molar-refractivity contribution is 5.94. The number of alkyl halides is 1. The minimum atomic E-state index is -1.20. The van der Waals surface area contributed by atoms with E-state index in [2.05, 4.69) is 10.2 Å². The molecule has 0 aromatic rings. The first-order valence-electron chi connectivity index (χ1n) is 13.6. The van der Waals surface area contributed by atoms with Crippen molar-refractivity contribution in [2.75, 3.05) is 33.4 Å². The van der Waals surface area contributed by atoms with E-state index in [1.165, 1.54) is 0 Å². The monoisotopic (exact) mass is 490 g/mol. The number of Topliss-reactive ketones (excluding diaryl/α,β-unsaturated/α-hetero) is 1. The molecule has 0 aromatic carbocycles. The van der Waals surface area contributed by atoms with Gasteiger partial charge < -0.3 is 14.4 Å². The van der Waals surface area contributed by atoms with Gasteiger partial charge >= 0.3 is 6.09 Å². The van der Waals surface area contributed by atoms with Gasteiger partial charge in [0.15, 0.2) is 0 Å². The van der Waals surface area contributed by atoms with Gasteiger partial charge in [0.05, 0.1) is 17.4 Å². The van der Waals surface area contributed by atoms with Crippen LogP contribution in [0.25, 0.3) is 0 Å². The van der Waals surface area contributed by atoms with E-state index >= 15 is 0 Å². The summed E-state index contributed by atoms with van der Waals surface area (Å²) in [6, 6.07) is 0. The number of amides is 2. The Kier molecular flexibility index (Phi) is 5.43. The number of rotatable bonds is 4. The van der Waals surface area contributed by atoms with Crippen molar-refractivity contribution in [3.63, 3.8) is 0 Å². The molecule has 0 radical (unpaired) electrons. The third-order valence-corrected chi connectivity index (χ3v) is 11.5. The van der Waals surface area contributed by atoms with Gasteiger partial charge in [0.1, 0.15) is 18.6 Å². The fraction of sp³-hybridized carbons (Fsp3) is 0.889. The molecule has 2 amide bonds. The molecule has 8 heteroatoms.